The molecule has 3 aromatic heterocycles. The number of aryl methyl sites for hydroxylation is 2. The second kappa shape index (κ2) is 8.97. The molecule has 0 aliphatic heterocycles. The molecule has 8 heteroatoms. The lowest BCUT2D eigenvalue weighted by molar-refractivity contribution is -0.123. The standard InChI is InChI=1S/C24H26N6O2/c1-14-9-15(2)29-22(14)24(32)30-20(10-17-13-26-19-6-4-3-5-18(17)19)23(31)28-12-16-7-8-21(25)27-11-16/h3-9,11,13,20,26,29H,10,12H2,1-2H3,(H2,25,27)(H,28,31)(H,30,32)/t20-/m0/s1. The highest BCUT2D eigenvalue weighted by atomic mass is 16.2. The van der Waals surface area contributed by atoms with Crippen LogP contribution in [0.2, 0.25) is 0 Å². The van der Waals surface area contributed by atoms with Gasteiger partial charge in [-0.3, -0.25) is 9.59 Å². The molecule has 0 aliphatic rings. The van der Waals surface area contributed by atoms with Crippen molar-refractivity contribution < 1.29 is 9.59 Å². The molecular weight excluding hydrogens is 404 g/mol. The van der Waals surface area contributed by atoms with E-state index in [0.29, 0.717) is 17.9 Å². The van der Waals surface area contributed by atoms with Gasteiger partial charge in [-0.1, -0.05) is 24.3 Å². The predicted octanol–water partition coefficient (Wildman–Crippen LogP) is 2.75. The third-order valence-corrected chi connectivity index (χ3v) is 5.41. The molecule has 2 amide bonds. The summed E-state index contributed by atoms with van der Waals surface area (Å²) in [4.78, 5) is 36.4. The normalized spacial score (nSPS) is 11.9. The maximum atomic E-state index is 13.1. The zero-order valence-corrected chi connectivity index (χ0v) is 18.0. The first-order valence-electron chi connectivity index (χ1n) is 10.4. The van der Waals surface area contributed by atoms with Gasteiger partial charge in [-0.05, 0) is 48.7 Å². The summed E-state index contributed by atoms with van der Waals surface area (Å²) in [6.07, 6.45) is 3.85. The zero-order chi connectivity index (χ0) is 22.7. The molecule has 0 saturated heterocycles. The van der Waals surface area contributed by atoms with Gasteiger partial charge >= 0.3 is 0 Å². The van der Waals surface area contributed by atoms with Gasteiger partial charge in [0.05, 0.1) is 0 Å². The van der Waals surface area contributed by atoms with Crippen LogP contribution in [0.3, 0.4) is 0 Å². The maximum absolute atomic E-state index is 13.1. The fraction of sp³-hybridized carbons (Fsp3) is 0.208. The van der Waals surface area contributed by atoms with Crippen LogP contribution in [0.25, 0.3) is 10.9 Å². The van der Waals surface area contributed by atoms with E-state index >= 15 is 0 Å². The van der Waals surface area contributed by atoms with Crippen LogP contribution < -0.4 is 16.4 Å². The number of H-pyrrole nitrogens is 2. The van der Waals surface area contributed by atoms with Gasteiger partial charge in [0.15, 0.2) is 0 Å². The Morgan fingerprint density at radius 3 is 2.69 bits per heavy atom. The van der Waals surface area contributed by atoms with Crippen molar-refractivity contribution >= 4 is 28.5 Å². The summed E-state index contributed by atoms with van der Waals surface area (Å²) in [7, 11) is 0. The Labute approximate surface area is 185 Å². The summed E-state index contributed by atoms with van der Waals surface area (Å²) < 4.78 is 0. The highest BCUT2D eigenvalue weighted by Gasteiger charge is 2.24. The van der Waals surface area contributed by atoms with Gasteiger partial charge in [-0.15, -0.1) is 0 Å². The number of carbonyl (C=O) groups excluding carboxylic acids is 2. The van der Waals surface area contributed by atoms with Gasteiger partial charge in [0.2, 0.25) is 5.91 Å². The SMILES string of the molecule is Cc1cc(C)c(C(=O)N[C@@H](Cc2c[nH]c3ccccc23)C(=O)NCc2ccc(N)nc2)[nH]1. The second-order valence-corrected chi connectivity index (χ2v) is 7.91. The Hall–Kier alpha value is -4.07. The largest absolute Gasteiger partial charge is 0.384 e. The number of aromatic amines is 2. The Morgan fingerprint density at radius 1 is 1.16 bits per heavy atom. The average molecular weight is 431 g/mol. The third kappa shape index (κ3) is 4.64. The van der Waals surface area contributed by atoms with E-state index in [1.165, 1.54) is 0 Å². The van der Waals surface area contributed by atoms with Crippen molar-refractivity contribution in [2.24, 2.45) is 0 Å². The first kappa shape index (κ1) is 21.2. The quantitative estimate of drug-likeness (QED) is 0.309. The van der Waals surface area contributed by atoms with Gasteiger partial charge in [0.25, 0.3) is 5.91 Å². The van der Waals surface area contributed by atoms with E-state index < -0.39 is 6.04 Å². The van der Waals surface area contributed by atoms with Gasteiger partial charge in [0, 0.05) is 42.0 Å². The van der Waals surface area contributed by atoms with E-state index in [9.17, 15) is 9.59 Å². The van der Waals surface area contributed by atoms with Crippen molar-refractivity contribution in [3.63, 3.8) is 0 Å². The van der Waals surface area contributed by atoms with Crippen LogP contribution in [0.1, 0.15) is 32.9 Å². The first-order chi connectivity index (χ1) is 15.4. The van der Waals surface area contributed by atoms with Gasteiger partial charge in [0.1, 0.15) is 17.6 Å². The van der Waals surface area contributed by atoms with Crippen LogP contribution in [0.15, 0.2) is 54.9 Å². The van der Waals surface area contributed by atoms with Crippen LogP contribution in [0.4, 0.5) is 5.82 Å². The van der Waals surface area contributed by atoms with Gasteiger partial charge in [-0.25, -0.2) is 4.98 Å². The number of carbonyl (C=O) groups is 2. The highest BCUT2D eigenvalue weighted by molar-refractivity contribution is 5.97. The molecule has 1 atom stereocenters. The number of amides is 2. The van der Waals surface area contributed by atoms with E-state index in [2.05, 4.69) is 25.6 Å². The Bertz CT molecular complexity index is 1260. The Kier molecular flexibility index (Phi) is 5.93. The molecule has 0 spiro atoms. The van der Waals surface area contributed by atoms with Crippen LogP contribution in [0, 0.1) is 13.8 Å². The fourth-order valence-corrected chi connectivity index (χ4v) is 3.78. The number of anilines is 1. The van der Waals surface area contributed by atoms with Crippen molar-refractivity contribution in [1.29, 1.82) is 0 Å². The lowest BCUT2D eigenvalue weighted by atomic mass is 10.0. The molecule has 164 valence electrons. The smallest absolute Gasteiger partial charge is 0.268 e. The fourth-order valence-electron chi connectivity index (χ4n) is 3.78. The number of benzene rings is 1. The number of aromatic nitrogens is 3. The molecule has 8 nitrogen and oxygen atoms in total. The molecule has 6 N–H and O–H groups in total. The lowest BCUT2D eigenvalue weighted by Crippen LogP contribution is -2.48. The molecule has 0 saturated carbocycles. The van der Waals surface area contributed by atoms with Crippen molar-refractivity contribution in [2.45, 2.75) is 32.9 Å². The van der Waals surface area contributed by atoms with E-state index in [1.54, 1.807) is 18.3 Å². The van der Waals surface area contributed by atoms with Crippen LogP contribution >= 0.6 is 0 Å². The number of hydrogen-bond acceptors (Lipinski definition) is 4. The lowest BCUT2D eigenvalue weighted by Gasteiger charge is -2.18. The molecule has 0 unspecified atom stereocenters. The average Bonchev–Trinajstić information content (AvgIpc) is 3.35. The molecule has 4 rings (SSSR count). The summed E-state index contributed by atoms with van der Waals surface area (Å²) in [5.41, 5.74) is 10.6. The van der Waals surface area contributed by atoms with Crippen molar-refractivity contribution in [3.8, 4) is 0 Å². The number of hydrogen-bond donors (Lipinski definition) is 5. The summed E-state index contributed by atoms with van der Waals surface area (Å²) in [5.74, 6) is -0.174. The predicted molar refractivity (Wildman–Crippen MR) is 124 cm³/mol. The summed E-state index contributed by atoms with van der Waals surface area (Å²) in [6.45, 7) is 4.04. The molecule has 0 fully saturated rings. The number of nitrogens with one attached hydrogen (secondary N) is 4. The second-order valence-electron chi connectivity index (χ2n) is 7.91. The van der Waals surface area contributed by atoms with Gasteiger partial charge in [-0.2, -0.15) is 0 Å². The Morgan fingerprint density at radius 2 is 1.97 bits per heavy atom. The van der Waals surface area contributed by atoms with Crippen LogP contribution in [0.5, 0.6) is 0 Å². The summed E-state index contributed by atoms with van der Waals surface area (Å²) in [5, 5.41) is 6.83. The number of rotatable bonds is 7. The number of pyridine rings is 1. The number of para-hydroxylation sites is 1. The molecule has 4 aromatic rings. The van der Waals surface area contributed by atoms with E-state index in [0.717, 1.165) is 33.3 Å². The molecule has 1 aromatic carbocycles. The molecule has 0 bridgehead atoms. The highest BCUT2D eigenvalue weighted by Crippen LogP contribution is 2.19. The number of fused-ring (bicyclic) bond motifs is 1. The number of nitrogens with two attached hydrogens (primary N) is 1. The van der Waals surface area contributed by atoms with Crippen molar-refractivity contribution in [2.75, 3.05) is 5.73 Å². The van der Waals surface area contributed by atoms with Crippen LogP contribution in [-0.4, -0.2) is 32.8 Å². The minimum Gasteiger partial charge on any atom is -0.384 e. The third-order valence-electron chi connectivity index (χ3n) is 5.41. The van der Waals surface area contributed by atoms with E-state index in [1.807, 2.05) is 50.4 Å². The molecule has 0 radical (unpaired) electrons. The molecular formula is C24H26N6O2. The van der Waals surface area contributed by atoms with Crippen molar-refractivity contribution in [3.05, 3.63) is 82.9 Å². The molecule has 3 heterocycles. The van der Waals surface area contributed by atoms with Crippen LogP contribution in [-0.2, 0) is 17.8 Å². The number of nitrogens with zero attached hydrogens (tertiary/aromatic N) is 1. The first-order valence-corrected chi connectivity index (χ1v) is 10.4. The maximum Gasteiger partial charge on any atom is 0.268 e. The number of nitrogen functional groups attached to an aromatic ring is 1. The van der Waals surface area contributed by atoms with Crippen molar-refractivity contribution in [1.82, 2.24) is 25.6 Å². The monoisotopic (exact) mass is 430 g/mol. The Balaban J connectivity index is 1.54. The summed E-state index contributed by atoms with van der Waals surface area (Å²) >= 11 is 0. The zero-order valence-electron chi connectivity index (χ0n) is 18.0. The van der Waals surface area contributed by atoms with Gasteiger partial charge < -0.3 is 26.3 Å². The minimum absolute atomic E-state index is 0.276. The molecule has 32 heavy (non-hydrogen) atoms. The summed E-state index contributed by atoms with van der Waals surface area (Å²) in [6, 6.07) is 12.5. The topological polar surface area (TPSA) is 129 Å². The van der Waals surface area contributed by atoms with E-state index in [4.69, 9.17) is 5.73 Å². The van der Waals surface area contributed by atoms with E-state index in [-0.39, 0.29) is 18.4 Å². The minimum atomic E-state index is -0.758. The molecule has 0 aliphatic carbocycles.